The van der Waals surface area contributed by atoms with Crippen LogP contribution in [0.15, 0.2) is 53.9 Å². The average molecular weight is 304 g/mol. The lowest BCUT2D eigenvalue weighted by Crippen LogP contribution is -2.33. The molecule has 1 heterocycles. The minimum absolute atomic E-state index is 0.352. The van der Waals surface area contributed by atoms with Crippen LogP contribution in [-0.2, 0) is 4.79 Å². The zero-order valence-electron chi connectivity index (χ0n) is 11.4. The van der Waals surface area contributed by atoms with Crippen molar-refractivity contribution in [2.24, 2.45) is 5.10 Å². The zero-order valence-corrected chi connectivity index (χ0v) is 12.1. The van der Waals surface area contributed by atoms with Crippen LogP contribution in [0.25, 0.3) is 0 Å². The molecule has 2 aromatic rings. The van der Waals surface area contributed by atoms with Crippen molar-refractivity contribution in [3.63, 3.8) is 0 Å². The first-order chi connectivity index (χ1) is 10.1. The number of ether oxygens (including phenoxy) is 1. The Morgan fingerprint density at radius 1 is 1.43 bits per heavy atom. The Hall–Kier alpha value is -2.40. The van der Waals surface area contributed by atoms with E-state index >= 15 is 0 Å². The summed E-state index contributed by atoms with van der Waals surface area (Å²) in [6, 6.07) is 10.5. The van der Waals surface area contributed by atoms with Gasteiger partial charge in [-0.1, -0.05) is 23.7 Å². The van der Waals surface area contributed by atoms with E-state index in [1.165, 1.54) is 6.21 Å². The molecule has 6 heteroatoms. The molecule has 0 aliphatic heterocycles. The number of rotatable bonds is 5. The second-order valence-electron chi connectivity index (χ2n) is 4.24. The van der Waals surface area contributed by atoms with Gasteiger partial charge in [-0.3, -0.25) is 9.78 Å². The first-order valence-corrected chi connectivity index (χ1v) is 6.68. The van der Waals surface area contributed by atoms with E-state index in [2.05, 4.69) is 15.5 Å². The van der Waals surface area contributed by atoms with Gasteiger partial charge in [-0.25, -0.2) is 5.43 Å². The molecule has 0 aliphatic rings. The number of hydrogen-bond donors (Lipinski definition) is 1. The molecule has 0 saturated carbocycles. The van der Waals surface area contributed by atoms with Gasteiger partial charge in [0.15, 0.2) is 6.10 Å². The molecular formula is C15H14ClN3O2. The van der Waals surface area contributed by atoms with Crippen molar-refractivity contribution in [3.05, 3.63) is 59.4 Å². The summed E-state index contributed by atoms with van der Waals surface area (Å²) in [6.07, 6.45) is 4.13. The molecule has 1 aromatic carbocycles. The number of hydrogen-bond acceptors (Lipinski definition) is 4. The molecule has 0 aliphatic carbocycles. The maximum atomic E-state index is 11.8. The number of amides is 1. The Morgan fingerprint density at radius 3 is 3.00 bits per heavy atom. The highest BCUT2D eigenvalue weighted by Gasteiger charge is 2.13. The van der Waals surface area contributed by atoms with Gasteiger partial charge in [0.25, 0.3) is 5.91 Å². The smallest absolute Gasteiger partial charge is 0.280 e. The number of halogens is 1. The summed E-state index contributed by atoms with van der Waals surface area (Å²) < 4.78 is 5.48. The SMILES string of the molecule is C[C@@H](Oc1cccc(Cl)c1)C(=O)N/N=C\c1cccnc1. The number of aromatic nitrogens is 1. The first kappa shape index (κ1) is 15.0. The fraction of sp³-hybridized carbons (Fsp3) is 0.133. The predicted molar refractivity (Wildman–Crippen MR) is 81.5 cm³/mol. The molecule has 1 amide bonds. The molecule has 1 atom stereocenters. The summed E-state index contributed by atoms with van der Waals surface area (Å²) in [6.45, 7) is 1.63. The highest BCUT2D eigenvalue weighted by atomic mass is 35.5. The van der Waals surface area contributed by atoms with Crippen LogP contribution in [0.2, 0.25) is 5.02 Å². The molecule has 1 N–H and O–H groups in total. The normalized spacial score (nSPS) is 12.1. The Labute approximate surface area is 127 Å². The Bertz CT molecular complexity index is 632. The summed E-state index contributed by atoms with van der Waals surface area (Å²) in [5, 5.41) is 4.40. The average Bonchev–Trinajstić information content (AvgIpc) is 2.48. The fourth-order valence-electron chi connectivity index (χ4n) is 1.51. The second-order valence-corrected chi connectivity index (χ2v) is 4.67. The van der Waals surface area contributed by atoms with Crippen LogP contribution in [0.1, 0.15) is 12.5 Å². The van der Waals surface area contributed by atoms with Crippen LogP contribution >= 0.6 is 11.6 Å². The summed E-state index contributed by atoms with van der Waals surface area (Å²) in [4.78, 5) is 15.8. The Morgan fingerprint density at radius 2 is 2.29 bits per heavy atom. The van der Waals surface area contributed by atoms with E-state index in [-0.39, 0.29) is 5.91 Å². The topological polar surface area (TPSA) is 63.6 Å². The first-order valence-electron chi connectivity index (χ1n) is 6.30. The maximum Gasteiger partial charge on any atom is 0.280 e. The molecule has 108 valence electrons. The summed E-state index contributed by atoms with van der Waals surface area (Å²) in [5.41, 5.74) is 3.20. The summed E-state index contributed by atoms with van der Waals surface area (Å²) in [5.74, 6) is 0.177. The van der Waals surface area contributed by atoms with E-state index < -0.39 is 6.10 Å². The van der Waals surface area contributed by atoms with E-state index in [9.17, 15) is 4.79 Å². The van der Waals surface area contributed by atoms with E-state index in [0.29, 0.717) is 10.8 Å². The van der Waals surface area contributed by atoms with Crippen LogP contribution in [0.4, 0.5) is 0 Å². The molecule has 0 saturated heterocycles. The van der Waals surface area contributed by atoms with Gasteiger partial charge in [-0.05, 0) is 31.2 Å². The van der Waals surface area contributed by atoms with Gasteiger partial charge < -0.3 is 4.74 Å². The third-order valence-corrected chi connectivity index (χ3v) is 2.79. The zero-order chi connectivity index (χ0) is 15.1. The predicted octanol–water partition coefficient (Wildman–Crippen LogP) is 2.65. The molecule has 0 bridgehead atoms. The minimum atomic E-state index is -0.686. The number of nitrogens with one attached hydrogen (secondary N) is 1. The van der Waals surface area contributed by atoms with Crippen molar-refractivity contribution in [2.75, 3.05) is 0 Å². The molecule has 0 spiro atoms. The number of nitrogens with zero attached hydrogens (tertiary/aromatic N) is 2. The van der Waals surface area contributed by atoms with Crippen LogP contribution in [0.5, 0.6) is 5.75 Å². The van der Waals surface area contributed by atoms with Crippen LogP contribution in [0.3, 0.4) is 0 Å². The highest BCUT2D eigenvalue weighted by molar-refractivity contribution is 6.30. The third kappa shape index (κ3) is 4.89. The monoisotopic (exact) mass is 303 g/mol. The molecule has 0 fully saturated rings. The molecule has 1 aromatic heterocycles. The Balaban J connectivity index is 1.87. The van der Waals surface area contributed by atoms with Crippen molar-refractivity contribution in [2.45, 2.75) is 13.0 Å². The Kier molecular flexibility index (Phi) is 5.29. The largest absolute Gasteiger partial charge is 0.481 e. The molecule has 21 heavy (non-hydrogen) atoms. The van der Waals surface area contributed by atoms with Gasteiger partial charge in [-0.15, -0.1) is 0 Å². The lowest BCUT2D eigenvalue weighted by atomic mass is 10.3. The fourth-order valence-corrected chi connectivity index (χ4v) is 1.69. The van der Waals surface area contributed by atoms with Gasteiger partial charge in [-0.2, -0.15) is 5.10 Å². The van der Waals surface area contributed by atoms with E-state index in [1.54, 1.807) is 49.6 Å². The van der Waals surface area contributed by atoms with E-state index in [4.69, 9.17) is 16.3 Å². The van der Waals surface area contributed by atoms with Gasteiger partial charge in [0.05, 0.1) is 6.21 Å². The van der Waals surface area contributed by atoms with Crippen molar-refractivity contribution in [3.8, 4) is 5.75 Å². The lowest BCUT2D eigenvalue weighted by Gasteiger charge is -2.12. The summed E-state index contributed by atoms with van der Waals surface area (Å²) >= 11 is 5.85. The third-order valence-electron chi connectivity index (χ3n) is 2.55. The van der Waals surface area contributed by atoms with Crippen molar-refractivity contribution >= 4 is 23.7 Å². The minimum Gasteiger partial charge on any atom is -0.481 e. The van der Waals surface area contributed by atoms with E-state index in [1.807, 2.05) is 6.07 Å². The number of benzene rings is 1. The quantitative estimate of drug-likeness (QED) is 0.682. The van der Waals surface area contributed by atoms with Gasteiger partial charge >= 0.3 is 0 Å². The molecule has 0 radical (unpaired) electrons. The van der Waals surface area contributed by atoms with Crippen molar-refractivity contribution < 1.29 is 9.53 Å². The number of hydrazone groups is 1. The molecule has 0 unspecified atom stereocenters. The number of carbonyl (C=O) groups is 1. The standard InChI is InChI=1S/C15H14ClN3O2/c1-11(21-14-6-2-5-13(16)8-14)15(20)19-18-10-12-4-3-7-17-9-12/h2-11H,1H3,(H,19,20)/b18-10-/t11-/m1/s1. The van der Waals surface area contributed by atoms with Gasteiger partial charge in [0.1, 0.15) is 5.75 Å². The van der Waals surface area contributed by atoms with Gasteiger partial charge in [0.2, 0.25) is 0 Å². The van der Waals surface area contributed by atoms with Gasteiger partial charge in [0, 0.05) is 23.0 Å². The second kappa shape index (κ2) is 7.40. The van der Waals surface area contributed by atoms with Crippen LogP contribution in [0, 0.1) is 0 Å². The van der Waals surface area contributed by atoms with Crippen LogP contribution in [-0.4, -0.2) is 23.2 Å². The number of carbonyl (C=O) groups excluding carboxylic acids is 1. The molecular weight excluding hydrogens is 290 g/mol. The maximum absolute atomic E-state index is 11.8. The van der Waals surface area contributed by atoms with Crippen molar-refractivity contribution in [1.29, 1.82) is 0 Å². The van der Waals surface area contributed by atoms with Crippen molar-refractivity contribution in [1.82, 2.24) is 10.4 Å². The highest BCUT2D eigenvalue weighted by Crippen LogP contribution is 2.18. The van der Waals surface area contributed by atoms with E-state index in [0.717, 1.165) is 5.56 Å². The number of pyridine rings is 1. The summed E-state index contributed by atoms with van der Waals surface area (Å²) in [7, 11) is 0. The molecule has 5 nitrogen and oxygen atoms in total. The lowest BCUT2D eigenvalue weighted by molar-refractivity contribution is -0.127. The molecule has 2 rings (SSSR count). The van der Waals surface area contributed by atoms with Crippen LogP contribution < -0.4 is 10.2 Å².